The van der Waals surface area contributed by atoms with Crippen LogP contribution in [0.5, 0.6) is 0 Å². The number of hydrogen-bond donors (Lipinski definition) is 1. The molecule has 0 bridgehead atoms. The Hall–Kier alpha value is -2.02. The van der Waals surface area contributed by atoms with Gasteiger partial charge in [-0.2, -0.15) is 5.10 Å². The number of nitrogens with zero attached hydrogens (tertiary/aromatic N) is 5. The summed E-state index contributed by atoms with van der Waals surface area (Å²) in [6, 6.07) is 0. The summed E-state index contributed by atoms with van der Waals surface area (Å²) >= 11 is 5.62. The third-order valence-corrected chi connectivity index (χ3v) is 1.83. The first-order chi connectivity index (χ1) is 7.74. The molecule has 2 aromatic rings. The van der Waals surface area contributed by atoms with Crippen LogP contribution in [0.3, 0.4) is 0 Å². The number of halogens is 1. The van der Waals surface area contributed by atoms with Crippen LogP contribution in [-0.2, 0) is 11.3 Å². The monoisotopic (exact) mass is 238 g/mol. The van der Waals surface area contributed by atoms with Crippen LogP contribution >= 0.6 is 11.6 Å². The van der Waals surface area contributed by atoms with Gasteiger partial charge in [-0.25, -0.2) is 14.6 Å². The van der Waals surface area contributed by atoms with Gasteiger partial charge in [0.15, 0.2) is 5.82 Å². The molecule has 2 rings (SSSR count). The van der Waals surface area contributed by atoms with Crippen molar-refractivity contribution in [2.75, 3.05) is 5.32 Å². The average molecular weight is 239 g/mol. The van der Waals surface area contributed by atoms with Crippen molar-refractivity contribution in [3.05, 3.63) is 30.2 Å². The predicted octanol–water partition coefficient (Wildman–Crippen LogP) is 0.360. The second-order valence-corrected chi connectivity index (χ2v) is 3.26. The Morgan fingerprint density at radius 1 is 1.44 bits per heavy atom. The minimum atomic E-state index is -0.276. The highest BCUT2D eigenvalue weighted by Gasteiger charge is 2.05. The van der Waals surface area contributed by atoms with Crippen molar-refractivity contribution in [1.29, 1.82) is 0 Å². The maximum atomic E-state index is 11.5. The predicted molar refractivity (Wildman–Crippen MR) is 55.7 cm³/mol. The standard InChI is InChI=1S/C8H7ClN6O/c9-6-1-10-2-7(13-6)14-8(16)3-15-5-11-4-12-15/h1-2,4-5H,3H2,(H,13,14,16). The van der Waals surface area contributed by atoms with Crippen molar-refractivity contribution in [3.63, 3.8) is 0 Å². The summed E-state index contributed by atoms with van der Waals surface area (Å²) < 4.78 is 1.40. The van der Waals surface area contributed by atoms with E-state index in [9.17, 15) is 4.79 Å². The van der Waals surface area contributed by atoms with Crippen LogP contribution < -0.4 is 5.32 Å². The number of carbonyl (C=O) groups excluding carboxylic acids is 1. The third-order valence-electron chi connectivity index (χ3n) is 1.64. The molecule has 0 atom stereocenters. The van der Waals surface area contributed by atoms with Crippen LogP contribution in [0.1, 0.15) is 0 Å². The first-order valence-electron chi connectivity index (χ1n) is 4.34. The number of aromatic nitrogens is 5. The zero-order valence-corrected chi connectivity index (χ0v) is 8.79. The summed E-state index contributed by atoms with van der Waals surface area (Å²) in [7, 11) is 0. The maximum absolute atomic E-state index is 11.5. The lowest BCUT2D eigenvalue weighted by atomic mass is 10.5. The van der Waals surface area contributed by atoms with E-state index in [1.807, 2.05) is 0 Å². The molecule has 0 aromatic carbocycles. The van der Waals surface area contributed by atoms with Gasteiger partial charge in [-0.3, -0.25) is 9.78 Å². The molecule has 2 aromatic heterocycles. The van der Waals surface area contributed by atoms with E-state index in [1.165, 1.54) is 29.7 Å². The van der Waals surface area contributed by atoms with Crippen LogP contribution in [0, 0.1) is 0 Å². The van der Waals surface area contributed by atoms with E-state index in [4.69, 9.17) is 11.6 Å². The summed E-state index contributed by atoms with van der Waals surface area (Å²) in [5.41, 5.74) is 0. The number of rotatable bonds is 3. The summed E-state index contributed by atoms with van der Waals surface area (Å²) in [6.07, 6.45) is 5.59. The molecule has 0 radical (unpaired) electrons. The van der Waals surface area contributed by atoms with E-state index in [1.54, 1.807) is 0 Å². The second kappa shape index (κ2) is 4.67. The van der Waals surface area contributed by atoms with Crippen LogP contribution in [-0.4, -0.2) is 30.6 Å². The van der Waals surface area contributed by atoms with Crippen LogP contribution in [0.25, 0.3) is 0 Å². The topological polar surface area (TPSA) is 85.6 Å². The van der Waals surface area contributed by atoms with E-state index in [2.05, 4.69) is 25.4 Å². The molecule has 0 aliphatic carbocycles. The molecule has 7 nitrogen and oxygen atoms in total. The van der Waals surface area contributed by atoms with Crippen molar-refractivity contribution in [2.24, 2.45) is 0 Å². The summed E-state index contributed by atoms with van der Waals surface area (Å²) in [5, 5.41) is 6.55. The molecule has 0 spiro atoms. The normalized spacial score (nSPS) is 10.1. The summed E-state index contributed by atoms with van der Waals surface area (Å²) in [5.74, 6) is 0.0275. The van der Waals surface area contributed by atoms with Gasteiger partial charge in [0.2, 0.25) is 5.91 Å². The van der Waals surface area contributed by atoms with Crippen LogP contribution in [0.15, 0.2) is 25.0 Å². The zero-order chi connectivity index (χ0) is 11.4. The Morgan fingerprint density at radius 2 is 2.31 bits per heavy atom. The number of amides is 1. The van der Waals surface area contributed by atoms with Gasteiger partial charge < -0.3 is 5.32 Å². The van der Waals surface area contributed by atoms with Crippen molar-refractivity contribution in [3.8, 4) is 0 Å². The van der Waals surface area contributed by atoms with Gasteiger partial charge in [-0.1, -0.05) is 11.6 Å². The first kappa shape index (κ1) is 10.5. The molecule has 0 saturated carbocycles. The SMILES string of the molecule is O=C(Cn1cncn1)Nc1cncc(Cl)n1. The van der Waals surface area contributed by atoms with E-state index in [0.717, 1.165) is 0 Å². The second-order valence-electron chi connectivity index (χ2n) is 2.87. The lowest BCUT2D eigenvalue weighted by Gasteiger charge is -2.03. The van der Waals surface area contributed by atoms with Crippen LogP contribution in [0.2, 0.25) is 5.15 Å². The Balaban J connectivity index is 1.97. The summed E-state index contributed by atoms with van der Waals surface area (Å²) in [6.45, 7) is 0.0637. The fraction of sp³-hybridized carbons (Fsp3) is 0.125. The molecule has 1 amide bonds. The summed E-state index contributed by atoms with van der Waals surface area (Å²) in [4.78, 5) is 22.9. The molecule has 0 unspecified atom stereocenters. The molecular weight excluding hydrogens is 232 g/mol. The Labute approximate surface area is 95.5 Å². The largest absolute Gasteiger partial charge is 0.308 e. The molecule has 0 saturated heterocycles. The quantitative estimate of drug-likeness (QED) is 0.835. The molecule has 82 valence electrons. The third kappa shape index (κ3) is 2.74. The van der Waals surface area contributed by atoms with Gasteiger partial charge in [-0.05, 0) is 0 Å². The molecular formula is C8H7ClN6O. The minimum Gasteiger partial charge on any atom is -0.308 e. The van der Waals surface area contributed by atoms with Gasteiger partial charge >= 0.3 is 0 Å². The highest BCUT2D eigenvalue weighted by atomic mass is 35.5. The van der Waals surface area contributed by atoms with Gasteiger partial charge in [0.1, 0.15) is 24.4 Å². The van der Waals surface area contributed by atoms with Gasteiger partial charge in [0.05, 0.1) is 12.4 Å². The van der Waals surface area contributed by atoms with Crippen molar-refractivity contribution >= 4 is 23.3 Å². The number of carbonyl (C=O) groups is 1. The van der Waals surface area contributed by atoms with E-state index in [0.29, 0.717) is 5.82 Å². The smallest absolute Gasteiger partial charge is 0.247 e. The maximum Gasteiger partial charge on any atom is 0.247 e. The highest BCUT2D eigenvalue weighted by Crippen LogP contribution is 2.06. The van der Waals surface area contributed by atoms with Crippen molar-refractivity contribution < 1.29 is 4.79 Å². The number of hydrogen-bond acceptors (Lipinski definition) is 5. The first-order valence-corrected chi connectivity index (χ1v) is 4.71. The fourth-order valence-electron chi connectivity index (χ4n) is 1.05. The Bertz CT molecular complexity index is 485. The van der Waals surface area contributed by atoms with Gasteiger partial charge in [0.25, 0.3) is 0 Å². The van der Waals surface area contributed by atoms with Crippen molar-refractivity contribution in [2.45, 2.75) is 6.54 Å². The molecule has 8 heteroatoms. The molecule has 2 heterocycles. The van der Waals surface area contributed by atoms with E-state index < -0.39 is 0 Å². The molecule has 0 aliphatic heterocycles. The van der Waals surface area contributed by atoms with Gasteiger partial charge in [0, 0.05) is 0 Å². The lowest BCUT2D eigenvalue weighted by molar-refractivity contribution is -0.116. The fourth-order valence-corrected chi connectivity index (χ4v) is 1.19. The minimum absolute atomic E-state index is 0.0637. The lowest BCUT2D eigenvalue weighted by Crippen LogP contribution is -2.19. The molecule has 1 N–H and O–H groups in total. The number of anilines is 1. The highest BCUT2D eigenvalue weighted by molar-refractivity contribution is 6.29. The Kier molecular flexibility index (Phi) is 3.06. The van der Waals surface area contributed by atoms with Crippen LogP contribution in [0.4, 0.5) is 5.82 Å². The van der Waals surface area contributed by atoms with Crippen molar-refractivity contribution in [1.82, 2.24) is 24.7 Å². The van der Waals surface area contributed by atoms with E-state index in [-0.39, 0.29) is 17.6 Å². The Morgan fingerprint density at radius 3 is 3.00 bits per heavy atom. The average Bonchev–Trinajstić information content (AvgIpc) is 2.70. The number of nitrogens with one attached hydrogen (secondary N) is 1. The molecule has 0 aliphatic rings. The van der Waals surface area contributed by atoms with Gasteiger partial charge in [-0.15, -0.1) is 0 Å². The van der Waals surface area contributed by atoms with E-state index >= 15 is 0 Å². The molecule has 16 heavy (non-hydrogen) atoms. The zero-order valence-electron chi connectivity index (χ0n) is 8.04. The molecule has 0 fully saturated rings.